The number of carbonyl (C=O) groups excluding carboxylic acids is 2. The minimum Gasteiger partial charge on any atom is -1.00 e. The zero-order valence-electron chi connectivity index (χ0n) is 35.3. The standard InChI is InChI=1S/3C12H18N.2C4H6O2.C2H6O2.ClH/c3*1-4-13(2,3)11-10-12-8-6-5-7-9-12;2*1-3(2)4(5)6;3-1-2-4;/h3*4-9H,1,10-11H2,2-3H3;2*1H2,2H3,(H,5,6);3-4H,1-2H2;1H/q3*+1;;;;/p-3. The van der Waals surface area contributed by atoms with Crippen LogP contribution < -0.4 is 22.6 Å². The van der Waals surface area contributed by atoms with E-state index in [4.69, 9.17) is 10.2 Å². The highest BCUT2D eigenvalue weighted by Crippen LogP contribution is 2.06. The number of quaternary nitrogens is 3. The molecular weight excluding hydrogens is 726 g/mol. The Kier molecular flexibility index (Phi) is 35.0. The fourth-order valence-electron chi connectivity index (χ4n) is 3.46. The quantitative estimate of drug-likeness (QED) is 0.180. The van der Waals surface area contributed by atoms with Crippen LogP contribution in [0.25, 0.3) is 0 Å². The number of halogens is 1. The Labute approximate surface area is 345 Å². The van der Waals surface area contributed by atoms with Crippen molar-refractivity contribution in [2.24, 2.45) is 0 Å². The molecule has 2 N–H and O–H groups in total. The van der Waals surface area contributed by atoms with Gasteiger partial charge in [-0.2, -0.15) is 0 Å². The molecule has 312 valence electrons. The van der Waals surface area contributed by atoms with Gasteiger partial charge in [-0.15, -0.1) is 0 Å². The minimum atomic E-state index is -1.19. The first-order valence-corrected chi connectivity index (χ1v) is 18.1. The van der Waals surface area contributed by atoms with Gasteiger partial charge in [0.2, 0.25) is 0 Å². The molecule has 0 heterocycles. The molecule has 0 saturated carbocycles. The highest BCUT2D eigenvalue weighted by atomic mass is 35.5. The average molecular weight is 797 g/mol. The molecule has 3 aromatic carbocycles. The number of aliphatic hydroxyl groups is 2. The summed E-state index contributed by atoms with van der Waals surface area (Å²) >= 11 is 0. The summed E-state index contributed by atoms with van der Waals surface area (Å²) in [7, 11) is 13.0. The second-order valence-corrected chi connectivity index (χ2v) is 14.3. The largest absolute Gasteiger partial charge is 1.00 e. The normalized spacial score (nSPS) is 9.96. The molecule has 0 bridgehead atoms. The van der Waals surface area contributed by atoms with E-state index in [0.29, 0.717) is 0 Å². The fourth-order valence-corrected chi connectivity index (χ4v) is 3.46. The number of likely N-dealkylation sites (N-methyl/N-ethyl adjacent to an activating group) is 3. The maximum atomic E-state index is 9.49. The lowest BCUT2D eigenvalue weighted by Crippen LogP contribution is -3.00. The Bertz CT molecular complexity index is 1320. The van der Waals surface area contributed by atoms with E-state index in [1.54, 1.807) is 0 Å². The van der Waals surface area contributed by atoms with Gasteiger partial charge in [0.15, 0.2) is 0 Å². The number of benzene rings is 3. The lowest BCUT2D eigenvalue weighted by atomic mass is 10.1. The van der Waals surface area contributed by atoms with Crippen molar-refractivity contribution >= 4 is 11.9 Å². The van der Waals surface area contributed by atoms with Crippen LogP contribution in [-0.4, -0.2) is 111 Å². The summed E-state index contributed by atoms with van der Waals surface area (Å²) in [4.78, 5) is 19.0. The van der Waals surface area contributed by atoms with Crippen molar-refractivity contribution in [3.63, 3.8) is 0 Å². The number of aliphatic hydroxyl groups excluding tert-OH is 2. The summed E-state index contributed by atoms with van der Waals surface area (Å²) in [6.45, 7) is 23.5. The summed E-state index contributed by atoms with van der Waals surface area (Å²) < 4.78 is 2.61. The molecule has 0 spiro atoms. The molecule has 0 aliphatic carbocycles. The predicted octanol–water partition coefficient (Wildman–Crippen LogP) is 1.95. The van der Waals surface area contributed by atoms with Gasteiger partial charge < -0.3 is 55.9 Å². The molecular formula is C46H70ClN3O6. The van der Waals surface area contributed by atoms with E-state index in [0.717, 1.165) is 52.3 Å². The van der Waals surface area contributed by atoms with E-state index in [2.05, 4.69) is 166 Å². The second kappa shape index (κ2) is 33.7. The molecule has 3 aromatic rings. The van der Waals surface area contributed by atoms with Gasteiger partial charge in [0.25, 0.3) is 0 Å². The number of carboxylic acids is 2. The van der Waals surface area contributed by atoms with Gasteiger partial charge in [-0.25, -0.2) is 0 Å². The van der Waals surface area contributed by atoms with Gasteiger partial charge in [-0.1, -0.05) is 104 Å². The molecule has 56 heavy (non-hydrogen) atoms. The van der Waals surface area contributed by atoms with Crippen molar-refractivity contribution in [3.05, 3.63) is 170 Å². The lowest BCUT2D eigenvalue weighted by molar-refractivity contribution is -0.838. The van der Waals surface area contributed by atoms with Crippen molar-refractivity contribution in [1.29, 1.82) is 0 Å². The molecule has 10 heteroatoms. The monoisotopic (exact) mass is 795 g/mol. The third-order valence-corrected chi connectivity index (χ3v) is 7.74. The Hall–Kier alpha value is -4.61. The van der Waals surface area contributed by atoms with Crippen LogP contribution in [0, 0.1) is 0 Å². The molecule has 0 aliphatic heterocycles. The minimum absolute atomic E-state index is 0. The third-order valence-electron chi connectivity index (χ3n) is 7.74. The SMILES string of the molecule is C=C(C)C(=O)[O-].C=C(C)C(=O)[O-].C=C[N+](C)(C)CCc1ccccc1.C=C[N+](C)(C)CCc1ccccc1.C=C[N+](C)(C)CCc1ccccc1.OCCO.[Cl-]. The number of carbonyl (C=O) groups is 2. The van der Waals surface area contributed by atoms with E-state index < -0.39 is 11.9 Å². The topological polar surface area (TPSA) is 121 Å². The van der Waals surface area contributed by atoms with Crippen LogP contribution in [0.3, 0.4) is 0 Å². The van der Waals surface area contributed by atoms with Crippen LogP contribution in [0.5, 0.6) is 0 Å². The Balaban J connectivity index is -0.000000303. The molecule has 0 amide bonds. The van der Waals surface area contributed by atoms with E-state index >= 15 is 0 Å². The molecule has 0 aliphatic rings. The first-order valence-electron chi connectivity index (χ1n) is 18.1. The van der Waals surface area contributed by atoms with Gasteiger partial charge in [0, 0.05) is 19.3 Å². The molecule has 0 saturated heterocycles. The van der Waals surface area contributed by atoms with E-state index in [-0.39, 0.29) is 36.8 Å². The van der Waals surface area contributed by atoms with Crippen molar-refractivity contribution in [2.45, 2.75) is 33.1 Å². The second-order valence-electron chi connectivity index (χ2n) is 14.3. The summed E-state index contributed by atoms with van der Waals surface area (Å²) in [6.07, 6.45) is 9.26. The summed E-state index contributed by atoms with van der Waals surface area (Å²) in [5.74, 6) is -2.37. The van der Waals surface area contributed by atoms with Crippen LogP contribution in [0.2, 0.25) is 0 Å². The Morgan fingerprint density at radius 2 is 0.696 bits per heavy atom. The number of hydrogen-bond donors (Lipinski definition) is 2. The Morgan fingerprint density at radius 3 is 0.821 bits per heavy atom. The summed E-state index contributed by atoms with van der Waals surface area (Å²) in [5, 5.41) is 34.2. The van der Waals surface area contributed by atoms with Gasteiger partial charge in [0.1, 0.15) is 0 Å². The smallest absolute Gasteiger partial charge is 0.0881 e. The van der Waals surface area contributed by atoms with Crippen LogP contribution in [0.15, 0.2) is 154 Å². The highest BCUT2D eigenvalue weighted by molar-refractivity contribution is 5.83. The van der Waals surface area contributed by atoms with Crippen molar-refractivity contribution < 1.29 is 55.9 Å². The van der Waals surface area contributed by atoms with Crippen molar-refractivity contribution in [3.8, 4) is 0 Å². The molecule has 9 nitrogen and oxygen atoms in total. The third kappa shape index (κ3) is 37.7. The maximum Gasteiger partial charge on any atom is 0.0881 e. The number of hydrogen-bond acceptors (Lipinski definition) is 6. The van der Waals surface area contributed by atoms with E-state index in [1.165, 1.54) is 30.5 Å². The molecule has 0 radical (unpaired) electrons. The van der Waals surface area contributed by atoms with Crippen LogP contribution in [0.1, 0.15) is 30.5 Å². The molecule has 0 unspecified atom stereocenters. The molecule has 0 atom stereocenters. The molecule has 3 rings (SSSR count). The first kappa shape index (κ1) is 58.1. The summed E-state index contributed by atoms with van der Waals surface area (Å²) in [6, 6.07) is 31.7. The van der Waals surface area contributed by atoms with Crippen LogP contribution >= 0.6 is 0 Å². The number of carboxylic acid groups (broad SMARTS) is 2. The first-order chi connectivity index (χ1) is 25.6. The lowest BCUT2D eigenvalue weighted by Gasteiger charge is -2.24. The van der Waals surface area contributed by atoms with E-state index in [1.807, 2.05) is 18.6 Å². The Morgan fingerprint density at radius 1 is 0.518 bits per heavy atom. The fraction of sp³-hybridized carbons (Fsp3) is 0.348. The van der Waals surface area contributed by atoms with Crippen molar-refractivity contribution in [2.75, 3.05) is 75.1 Å². The van der Waals surface area contributed by atoms with E-state index in [9.17, 15) is 19.8 Å². The summed E-state index contributed by atoms with van der Waals surface area (Å²) in [5.41, 5.74) is 4.33. The molecule has 0 aromatic heterocycles. The molecule has 0 fully saturated rings. The van der Waals surface area contributed by atoms with Crippen molar-refractivity contribution in [1.82, 2.24) is 0 Å². The zero-order valence-corrected chi connectivity index (χ0v) is 36.1. The zero-order chi connectivity index (χ0) is 42.9. The number of nitrogens with zero attached hydrogens (tertiary/aromatic N) is 3. The number of aliphatic carboxylic acids is 2. The van der Waals surface area contributed by atoms with Gasteiger partial charge in [-0.05, 0) is 61.4 Å². The van der Waals surface area contributed by atoms with Crippen LogP contribution in [-0.2, 0) is 28.9 Å². The maximum absolute atomic E-state index is 9.49. The average Bonchev–Trinajstić information content (AvgIpc) is 3.18. The van der Waals surface area contributed by atoms with Gasteiger partial charge in [0.05, 0.1) is 106 Å². The van der Waals surface area contributed by atoms with Crippen LogP contribution in [0.4, 0.5) is 0 Å². The number of rotatable bonds is 15. The highest BCUT2D eigenvalue weighted by Gasteiger charge is 2.10. The van der Waals surface area contributed by atoms with Gasteiger partial charge >= 0.3 is 0 Å². The predicted molar refractivity (Wildman–Crippen MR) is 226 cm³/mol. The van der Waals surface area contributed by atoms with Gasteiger partial charge in [-0.3, -0.25) is 0 Å².